The molecular weight excluding hydrogens is 388 g/mol. The van der Waals surface area contributed by atoms with Crippen molar-refractivity contribution in [3.8, 4) is 0 Å². The highest BCUT2D eigenvalue weighted by molar-refractivity contribution is 7.86. The summed E-state index contributed by atoms with van der Waals surface area (Å²) in [5.74, 6) is -0.259. The number of aliphatic hydroxyl groups is 1. The fraction of sp³-hybridized carbons (Fsp3) is 0.435. The van der Waals surface area contributed by atoms with Crippen LogP contribution in [0.5, 0.6) is 0 Å². The van der Waals surface area contributed by atoms with Crippen LogP contribution in [0, 0.1) is 0 Å². The predicted molar refractivity (Wildman–Crippen MR) is 113 cm³/mol. The third-order valence-corrected chi connectivity index (χ3v) is 6.01. The lowest BCUT2D eigenvalue weighted by atomic mass is 10.0. The van der Waals surface area contributed by atoms with Gasteiger partial charge in [-0.15, -0.1) is 0 Å². The van der Waals surface area contributed by atoms with Crippen LogP contribution < -0.4 is 0 Å². The van der Waals surface area contributed by atoms with Crippen LogP contribution in [0.4, 0.5) is 0 Å². The Morgan fingerprint density at radius 3 is 2.31 bits per heavy atom. The van der Waals surface area contributed by atoms with Gasteiger partial charge >= 0.3 is 0 Å². The minimum Gasteiger partial charge on any atom is -0.391 e. The number of aliphatic hydroxyl groups excluding tert-OH is 1. The molecule has 0 bridgehead atoms. The average molecular weight is 419 g/mol. The number of unbranched alkanes of at least 4 members (excludes halogenated alkanes) is 5. The molecule has 0 amide bonds. The van der Waals surface area contributed by atoms with Crippen molar-refractivity contribution in [2.45, 2.75) is 62.9 Å². The first-order chi connectivity index (χ1) is 13.9. The lowest BCUT2D eigenvalue weighted by Crippen LogP contribution is -2.19. The smallest absolute Gasteiger partial charge is 0.297 e. The Hall–Kier alpha value is -2.02. The number of hydrogen-bond donors (Lipinski definition) is 1. The minimum atomic E-state index is -4.05. The van der Waals surface area contributed by atoms with Crippen LogP contribution in [-0.2, 0) is 14.3 Å². The summed E-state index contributed by atoms with van der Waals surface area (Å²) in [5.41, 5.74) is 0.755. The fourth-order valence-corrected chi connectivity index (χ4v) is 4.02. The number of carbonyl (C=O) groups is 1. The van der Waals surface area contributed by atoms with Gasteiger partial charge in [0.25, 0.3) is 10.1 Å². The standard InChI is InChI=1S/C23H30O5S/c1-2-3-4-5-6-10-15-21(24)18-28-29(26,27)22-16-11-14-20(17-22)23(25)19-12-8-7-9-13-19/h7-9,11-14,16-17,21,24H,2-6,10,15,18H2,1H3. The van der Waals surface area contributed by atoms with Crippen molar-refractivity contribution >= 4 is 15.9 Å². The van der Waals surface area contributed by atoms with Crippen molar-refractivity contribution in [2.24, 2.45) is 0 Å². The summed E-state index contributed by atoms with van der Waals surface area (Å²) >= 11 is 0. The Balaban J connectivity index is 1.90. The van der Waals surface area contributed by atoms with E-state index in [0.29, 0.717) is 12.0 Å². The zero-order valence-corrected chi connectivity index (χ0v) is 17.7. The zero-order chi connectivity index (χ0) is 21.1. The van der Waals surface area contributed by atoms with Crippen molar-refractivity contribution in [3.05, 3.63) is 65.7 Å². The van der Waals surface area contributed by atoms with E-state index in [1.54, 1.807) is 30.3 Å². The second kappa shape index (κ2) is 11.9. The summed E-state index contributed by atoms with van der Waals surface area (Å²) in [5, 5.41) is 10.0. The van der Waals surface area contributed by atoms with Crippen LogP contribution >= 0.6 is 0 Å². The highest BCUT2D eigenvalue weighted by atomic mass is 32.2. The Morgan fingerprint density at radius 1 is 0.931 bits per heavy atom. The SMILES string of the molecule is CCCCCCCCC(O)COS(=O)(=O)c1cccc(C(=O)c2ccccc2)c1. The molecule has 0 saturated heterocycles. The van der Waals surface area contributed by atoms with E-state index in [1.165, 1.54) is 37.5 Å². The zero-order valence-electron chi connectivity index (χ0n) is 16.9. The van der Waals surface area contributed by atoms with Crippen LogP contribution in [0.25, 0.3) is 0 Å². The van der Waals surface area contributed by atoms with E-state index in [9.17, 15) is 18.3 Å². The number of hydrogen-bond acceptors (Lipinski definition) is 5. The third-order valence-electron chi connectivity index (χ3n) is 4.73. The Kier molecular flexibility index (Phi) is 9.51. The van der Waals surface area contributed by atoms with Crippen molar-refractivity contribution in [3.63, 3.8) is 0 Å². The van der Waals surface area contributed by atoms with Gasteiger partial charge in [-0.1, -0.05) is 87.9 Å². The van der Waals surface area contributed by atoms with Crippen LogP contribution in [0.15, 0.2) is 59.5 Å². The van der Waals surface area contributed by atoms with Gasteiger partial charge < -0.3 is 5.11 Å². The van der Waals surface area contributed by atoms with E-state index in [0.717, 1.165) is 19.3 Å². The van der Waals surface area contributed by atoms with E-state index in [2.05, 4.69) is 6.92 Å². The van der Waals surface area contributed by atoms with E-state index < -0.39 is 16.2 Å². The maximum atomic E-state index is 12.5. The molecule has 0 aliphatic rings. The highest BCUT2D eigenvalue weighted by Gasteiger charge is 2.19. The van der Waals surface area contributed by atoms with E-state index in [4.69, 9.17) is 4.18 Å². The average Bonchev–Trinajstić information content (AvgIpc) is 2.75. The number of ketones is 1. The monoisotopic (exact) mass is 418 g/mol. The largest absolute Gasteiger partial charge is 0.391 e. The first kappa shape index (κ1) is 23.3. The summed E-state index contributed by atoms with van der Waals surface area (Å²) in [6, 6.07) is 14.5. The predicted octanol–water partition coefficient (Wildman–Crippen LogP) is 4.73. The van der Waals surface area contributed by atoms with Crippen LogP contribution in [-0.4, -0.2) is 32.0 Å². The molecule has 0 heterocycles. The summed E-state index contributed by atoms with van der Waals surface area (Å²) in [7, 11) is -4.05. The molecule has 0 fully saturated rings. The van der Waals surface area contributed by atoms with Gasteiger partial charge in [0.1, 0.15) is 0 Å². The molecule has 2 aromatic carbocycles. The fourth-order valence-electron chi connectivity index (χ4n) is 3.03. The van der Waals surface area contributed by atoms with Crippen LogP contribution in [0.2, 0.25) is 0 Å². The Bertz CT molecular complexity index is 862. The van der Waals surface area contributed by atoms with Crippen molar-refractivity contribution < 1.29 is 22.5 Å². The van der Waals surface area contributed by atoms with Gasteiger partial charge in [-0.05, 0) is 18.6 Å². The van der Waals surface area contributed by atoms with Crippen LogP contribution in [0.3, 0.4) is 0 Å². The molecule has 0 aliphatic carbocycles. The summed E-state index contributed by atoms with van der Waals surface area (Å²) in [6.45, 7) is 1.88. The Labute approximate surface area is 173 Å². The highest BCUT2D eigenvalue weighted by Crippen LogP contribution is 2.18. The van der Waals surface area contributed by atoms with Gasteiger partial charge in [0.05, 0.1) is 17.6 Å². The molecule has 0 spiro atoms. The molecule has 29 heavy (non-hydrogen) atoms. The van der Waals surface area contributed by atoms with Crippen molar-refractivity contribution in [1.29, 1.82) is 0 Å². The van der Waals surface area contributed by atoms with Gasteiger partial charge in [-0.2, -0.15) is 8.42 Å². The molecule has 1 unspecified atom stereocenters. The van der Waals surface area contributed by atoms with Gasteiger partial charge in [0.15, 0.2) is 5.78 Å². The molecule has 1 atom stereocenters. The van der Waals surface area contributed by atoms with E-state index in [-0.39, 0.29) is 22.8 Å². The van der Waals surface area contributed by atoms with E-state index >= 15 is 0 Å². The molecule has 0 aliphatic heterocycles. The molecule has 2 rings (SSSR count). The van der Waals surface area contributed by atoms with Gasteiger partial charge in [-0.25, -0.2) is 0 Å². The lowest BCUT2D eigenvalue weighted by Gasteiger charge is -2.12. The summed E-state index contributed by atoms with van der Waals surface area (Å²) < 4.78 is 29.9. The molecule has 1 N–H and O–H groups in total. The first-order valence-corrected chi connectivity index (χ1v) is 11.6. The van der Waals surface area contributed by atoms with Crippen LogP contribution in [0.1, 0.15) is 67.8 Å². The first-order valence-electron chi connectivity index (χ1n) is 10.2. The maximum absolute atomic E-state index is 12.5. The molecule has 2 aromatic rings. The Morgan fingerprint density at radius 2 is 1.59 bits per heavy atom. The van der Waals surface area contributed by atoms with E-state index in [1.807, 2.05) is 6.07 Å². The molecular formula is C23H30O5S. The normalized spacial score (nSPS) is 12.6. The minimum absolute atomic E-state index is 0.0916. The summed E-state index contributed by atoms with van der Waals surface area (Å²) in [6.07, 6.45) is 6.27. The number of carbonyl (C=O) groups excluding carboxylic acids is 1. The van der Waals surface area contributed by atoms with Gasteiger partial charge in [0, 0.05) is 11.1 Å². The summed E-state index contributed by atoms with van der Waals surface area (Å²) in [4.78, 5) is 12.4. The molecule has 158 valence electrons. The second-order valence-corrected chi connectivity index (χ2v) is 8.79. The van der Waals surface area contributed by atoms with Crippen molar-refractivity contribution in [2.75, 3.05) is 6.61 Å². The number of rotatable bonds is 13. The van der Waals surface area contributed by atoms with Gasteiger partial charge in [0.2, 0.25) is 0 Å². The number of benzene rings is 2. The second-order valence-electron chi connectivity index (χ2n) is 7.17. The molecule has 0 saturated carbocycles. The topological polar surface area (TPSA) is 80.7 Å². The van der Waals surface area contributed by atoms with Gasteiger partial charge in [-0.3, -0.25) is 8.98 Å². The third kappa shape index (κ3) is 7.72. The molecule has 0 radical (unpaired) electrons. The maximum Gasteiger partial charge on any atom is 0.297 e. The quantitative estimate of drug-likeness (QED) is 0.289. The lowest BCUT2D eigenvalue weighted by molar-refractivity contribution is 0.100. The molecule has 6 heteroatoms. The molecule has 5 nitrogen and oxygen atoms in total. The molecule has 0 aromatic heterocycles. The van der Waals surface area contributed by atoms with Crippen molar-refractivity contribution in [1.82, 2.24) is 0 Å².